The van der Waals surface area contributed by atoms with Crippen LogP contribution in [0.4, 0.5) is 0 Å². The third-order valence-corrected chi connectivity index (χ3v) is 2.68. The highest BCUT2D eigenvalue weighted by molar-refractivity contribution is 5.73. The van der Waals surface area contributed by atoms with E-state index in [2.05, 4.69) is 4.99 Å². The van der Waals surface area contributed by atoms with E-state index in [1.54, 1.807) is 6.92 Å². The first-order valence-corrected chi connectivity index (χ1v) is 5.68. The van der Waals surface area contributed by atoms with Crippen molar-refractivity contribution in [1.29, 1.82) is 0 Å². The number of ether oxygens (including phenoxy) is 1. The molecule has 0 saturated heterocycles. The van der Waals surface area contributed by atoms with Gasteiger partial charge in [0, 0.05) is 6.20 Å². The van der Waals surface area contributed by atoms with Crippen LogP contribution in [-0.2, 0) is 11.3 Å². The Bertz CT molecular complexity index is 457. The fraction of sp³-hybridized carbons (Fsp3) is 0.308. The fourth-order valence-electron chi connectivity index (χ4n) is 1.62. The minimum atomic E-state index is -0.890. The van der Waals surface area contributed by atoms with Gasteiger partial charge in [-0.3, -0.25) is 4.90 Å². The normalized spacial score (nSPS) is 19.4. The zero-order chi connectivity index (χ0) is 13.0. The Kier molecular flexibility index (Phi) is 3.96. The molecule has 0 amide bonds. The SMILES string of the molecule is CC1=CN=C(O)N(COCc2ccccc2)C1O. The molecule has 2 rings (SSSR count). The van der Waals surface area contributed by atoms with Crippen molar-refractivity contribution in [3.05, 3.63) is 47.7 Å². The number of aliphatic imine (C=N–C) groups is 1. The number of aliphatic hydroxyl groups excluding tert-OH is 2. The van der Waals surface area contributed by atoms with Crippen LogP contribution >= 0.6 is 0 Å². The van der Waals surface area contributed by atoms with Crippen molar-refractivity contribution in [2.24, 2.45) is 4.99 Å². The molecule has 96 valence electrons. The Balaban J connectivity index is 1.87. The summed E-state index contributed by atoms with van der Waals surface area (Å²) in [6, 6.07) is 9.46. The molecule has 0 fully saturated rings. The van der Waals surface area contributed by atoms with E-state index < -0.39 is 6.23 Å². The predicted molar refractivity (Wildman–Crippen MR) is 67.8 cm³/mol. The Morgan fingerprint density at radius 1 is 1.33 bits per heavy atom. The lowest BCUT2D eigenvalue weighted by molar-refractivity contribution is -0.0291. The number of benzene rings is 1. The standard InChI is InChI=1S/C13H16N2O3/c1-10-7-14-13(17)15(12(10)16)9-18-8-11-5-3-2-4-6-11/h2-7,12,16H,8-9H2,1H3,(H,14,17). The van der Waals surface area contributed by atoms with Gasteiger partial charge in [-0.1, -0.05) is 30.3 Å². The zero-order valence-electron chi connectivity index (χ0n) is 10.2. The summed E-state index contributed by atoms with van der Waals surface area (Å²) < 4.78 is 5.45. The Hall–Kier alpha value is -1.85. The zero-order valence-corrected chi connectivity index (χ0v) is 10.2. The van der Waals surface area contributed by atoms with Crippen LogP contribution in [0.3, 0.4) is 0 Å². The van der Waals surface area contributed by atoms with Crippen molar-refractivity contribution < 1.29 is 14.9 Å². The van der Waals surface area contributed by atoms with Crippen LogP contribution in [0, 0.1) is 0 Å². The monoisotopic (exact) mass is 248 g/mol. The molecule has 5 nitrogen and oxygen atoms in total. The van der Waals surface area contributed by atoms with Gasteiger partial charge in [0.1, 0.15) is 6.73 Å². The molecule has 1 atom stereocenters. The summed E-state index contributed by atoms with van der Waals surface area (Å²) in [5, 5.41) is 19.4. The Morgan fingerprint density at radius 3 is 2.78 bits per heavy atom. The highest BCUT2D eigenvalue weighted by Crippen LogP contribution is 2.13. The van der Waals surface area contributed by atoms with E-state index in [0.717, 1.165) is 5.56 Å². The lowest BCUT2D eigenvalue weighted by Crippen LogP contribution is -2.44. The first kappa shape index (κ1) is 12.6. The molecule has 1 aliphatic heterocycles. The van der Waals surface area contributed by atoms with E-state index in [1.807, 2.05) is 30.3 Å². The highest BCUT2D eigenvalue weighted by atomic mass is 16.5. The van der Waals surface area contributed by atoms with E-state index in [1.165, 1.54) is 11.1 Å². The summed E-state index contributed by atoms with van der Waals surface area (Å²) in [5.41, 5.74) is 1.70. The van der Waals surface area contributed by atoms with Crippen molar-refractivity contribution in [2.45, 2.75) is 19.8 Å². The molecule has 1 unspecified atom stereocenters. The van der Waals surface area contributed by atoms with E-state index in [0.29, 0.717) is 12.2 Å². The number of hydrogen-bond acceptors (Lipinski definition) is 4. The highest BCUT2D eigenvalue weighted by Gasteiger charge is 2.23. The lowest BCUT2D eigenvalue weighted by Gasteiger charge is -2.29. The number of nitrogens with zero attached hydrogens (tertiary/aromatic N) is 2. The first-order valence-electron chi connectivity index (χ1n) is 5.68. The van der Waals surface area contributed by atoms with Crippen LogP contribution < -0.4 is 0 Å². The van der Waals surface area contributed by atoms with Crippen molar-refractivity contribution in [1.82, 2.24) is 4.90 Å². The number of hydrogen-bond donors (Lipinski definition) is 2. The van der Waals surface area contributed by atoms with Gasteiger partial charge >= 0.3 is 0 Å². The molecule has 1 heterocycles. The molecular formula is C13H16N2O3. The van der Waals surface area contributed by atoms with Gasteiger partial charge in [-0.15, -0.1) is 0 Å². The summed E-state index contributed by atoms with van der Waals surface area (Å²) in [7, 11) is 0. The van der Waals surface area contributed by atoms with Gasteiger partial charge in [0.15, 0.2) is 6.23 Å². The van der Waals surface area contributed by atoms with E-state index in [4.69, 9.17) is 4.74 Å². The van der Waals surface area contributed by atoms with Gasteiger partial charge in [0.25, 0.3) is 6.02 Å². The molecule has 0 aromatic heterocycles. The largest absolute Gasteiger partial charge is 0.480 e. The van der Waals surface area contributed by atoms with Gasteiger partial charge in [-0.05, 0) is 18.1 Å². The van der Waals surface area contributed by atoms with E-state index >= 15 is 0 Å². The van der Waals surface area contributed by atoms with Crippen LogP contribution in [0.2, 0.25) is 0 Å². The Labute approximate surface area is 106 Å². The van der Waals surface area contributed by atoms with Crippen molar-refractivity contribution in [3.63, 3.8) is 0 Å². The molecular weight excluding hydrogens is 232 g/mol. The maximum atomic E-state index is 9.84. The summed E-state index contributed by atoms with van der Waals surface area (Å²) in [5.74, 6) is 0. The molecule has 2 N–H and O–H groups in total. The number of amidine groups is 1. The first-order chi connectivity index (χ1) is 8.68. The maximum absolute atomic E-state index is 9.84. The van der Waals surface area contributed by atoms with Crippen LogP contribution in [0.1, 0.15) is 12.5 Å². The van der Waals surface area contributed by atoms with Crippen LogP contribution in [-0.4, -0.2) is 34.1 Å². The molecule has 5 heteroatoms. The van der Waals surface area contributed by atoms with Crippen molar-refractivity contribution >= 4 is 6.02 Å². The minimum Gasteiger partial charge on any atom is -0.480 e. The van der Waals surface area contributed by atoms with Crippen molar-refractivity contribution in [2.75, 3.05) is 6.73 Å². The predicted octanol–water partition coefficient (Wildman–Crippen LogP) is 1.61. The fourth-order valence-corrected chi connectivity index (χ4v) is 1.62. The van der Waals surface area contributed by atoms with Crippen LogP contribution in [0.5, 0.6) is 0 Å². The number of aliphatic hydroxyl groups is 2. The molecule has 18 heavy (non-hydrogen) atoms. The quantitative estimate of drug-likeness (QED) is 0.849. The van der Waals surface area contributed by atoms with Gasteiger partial charge < -0.3 is 14.9 Å². The Morgan fingerprint density at radius 2 is 2.06 bits per heavy atom. The second-order valence-corrected chi connectivity index (χ2v) is 4.11. The molecule has 1 aliphatic rings. The lowest BCUT2D eigenvalue weighted by atomic mass is 10.2. The summed E-state index contributed by atoms with van der Waals surface area (Å²) >= 11 is 0. The van der Waals surface area contributed by atoms with Gasteiger partial charge in [-0.2, -0.15) is 0 Å². The van der Waals surface area contributed by atoms with Crippen molar-refractivity contribution in [3.8, 4) is 0 Å². The number of rotatable bonds is 4. The molecule has 0 aliphatic carbocycles. The third-order valence-electron chi connectivity index (χ3n) is 2.68. The van der Waals surface area contributed by atoms with Crippen LogP contribution in [0.15, 0.2) is 47.1 Å². The summed E-state index contributed by atoms with van der Waals surface area (Å²) in [6.07, 6.45) is 0.548. The minimum absolute atomic E-state index is 0.0799. The van der Waals surface area contributed by atoms with E-state index in [-0.39, 0.29) is 12.8 Å². The average molecular weight is 248 g/mol. The van der Waals surface area contributed by atoms with Gasteiger partial charge in [0.2, 0.25) is 0 Å². The molecule has 0 spiro atoms. The molecule has 1 aromatic rings. The van der Waals surface area contributed by atoms with E-state index in [9.17, 15) is 10.2 Å². The maximum Gasteiger partial charge on any atom is 0.293 e. The molecule has 0 bridgehead atoms. The van der Waals surface area contributed by atoms with Crippen LogP contribution in [0.25, 0.3) is 0 Å². The molecule has 0 saturated carbocycles. The average Bonchev–Trinajstić information content (AvgIpc) is 2.39. The third kappa shape index (κ3) is 2.88. The second kappa shape index (κ2) is 5.66. The summed E-state index contributed by atoms with van der Waals surface area (Å²) in [4.78, 5) is 5.05. The van der Waals surface area contributed by atoms with Gasteiger partial charge in [-0.25, -0.2) is 4.99 Å². The topological polar surface area (TPSA) is 65.3 Å². The molecule has 1 aromatic carbocycles. The molecule has 0 radical (unpaired) electrons. The smallest absolute Gasteiger partial charge is 0.293 e. The second-order valence-electron chi connectivity index (χ2n) is 4.11. The van der Waals surface area contributed by atoms with Gasteiger partial charge in [0.05, 0.1) is 6.61 Å². The summed E-state index contributed by atoms with van der Waals surface area (Å²) in [6.45, 7) is 2.24.